The third-order valence-electron chi connectivity index (χ3n) is 4.02. The highest BCUT2D eigenvalue weighted by atomic mass is 32.1. The molecular weight excluding hydrogens is 378 g/mol. The van der Waals surface area contributed by atoms with Gasteiger partial charge in [-0.05, 0) is 43.3 Å². The Morgan fingerprint density at radius 1 is 1.14 bits per heavy atom. The Bertz CT molecular complexity index is 1170. The summed E-state index contributed by atoms with van der Waals surface area (Å²) in [6.45, 7) is 2.37. The molecular formula is C20H17N3O4S. The zero-order valence-corrected chi connectivity index (χ0v) is 16.1. The monoisotopic (exact) mass is 395 g/mol. The van der Waals surface area contributed by atoms with Gasteiger partial charge >= 0.3 is 5.63 Å². The number of aromatic nitrogens is 2. The molecule has 4 aromatic rings. The van der Waals surface area contributed by atoms with Gasteiger partial charge in [0.2, 0.25) is 5.13 Å². The lowest BCUT2D eigenvalue weighted by atomic mass is 10.2. The first kappa shape index (κ1) is 18.0. The molecule has 7 nitrogen and oxygen atoms in total. The van der Waals surface area contributed by atoms with Gasteiger partial charge in [-0.15, -0.1) is 10.2 Å². The summed E-state index contributed by atoms with van der Waals surface area (Å²) < 4.78 is 16.2. The van der Waals surface area contributed by atoms with Crippen LogP contribution in [0.1, 0.15) is 6.92 Å². The van der Waals surface area contributed by atoms with Crippen LogP contribution in [0.15, 0.2) is 57.7 Å². The minimum atomic E-state index is -0.480. The Balaban J connectivity index is 1.65. The molecule has 142 valence electrons. The second kappa shape index (κ2) is 7.69. The summed E-state index contributed by atoms with van der Waals surface area (Å²) in [6.07, 6.45) is 0. The molecule has 4 rings (SSSR count). The van der Waals surface area contributed by atoms with Crippen molar-refractivity contribution in [3.05, 3.63) is 59.0 Å². The molecule has 0 unspecified atom stereocenters. The quantitative estimate of drug-likeness (QED) is 0.482. The zero-order chi connectivity index (χ0) is 19.5. The third-order valence-corrected chi connectivity index (χ3v) is 4.89. The summed E-state index contributed by atoms with van der Waals surface area (Å²) in [5, 5.41) is 13.2. The van der Waals surface area contributed by atoms with Gasteiger partial charge in [-0.1, -0.05) is 23.5 Å². The zero-order valence-electron chi connectivity index (χ0n) is 15.3. The van der Waals surface area contributed by atoms with Gasteiger partial charge in [0.1, 0.15) is 5.75 Å². The van der Waals surface area contributed by atoms with Crippen molar-refractivity contribution >= 4 is 33.1 Å². The lowest BCUT2D eigenvalue weighted by molar-refractivity contribution is 0.337. The van der Waals surface area contributed by atoms with E-state index in [1.54, 1.807) is 19.2 Å². The first-order chi connectivity index (χ1) is 13.7. The van der Waals surface area contributed by atoms with Crippen molar-refractivity contribution in [3.8, 4) is 22.1 Å². The van der Waals surface area contributed by atoms with Crippen LogP contribution in [0.25, 0.3) is 21.5 Å². The topological polar surface area (TPSA) is 86.5 Å². The van der Waals surface area contributed by atoms with E-state index < -0.39 is 5.63 Å². The number of benzene rings is 2. The Hall–Kier alpha value is -3.39. The van der Waals surface area contributed by atoms with Gasteiger partial charge < -0.3 is 19.2 Å². The van der Waals surface area contributed by atoms with Crippen LogP contribution < -0.4 is 20.4 Å². The lowest BCUT2D eigenvalue weighted by Crippen LogP contribution is -2.03. The first-order valence-electron chi connectivity index (χ1n) is 8.62. The lowest BCUT2D eigenvalue weighted by Gasteiger charge is -2.06. The molecule has 2 aromatic heterocycles. The number of rotatable bonds is 6. The fourth-order valence-electron chi connectivity index (χ4n) is 2.72. The van der Waals surface area contributed by atoms with E-state index in [0.29, 0.717) is 33.6 Å². The summed E-state index contributed by atoms with van der Waals surface area (Å²) in [5.74, 6) is 1.31. The predicted octanol–water partition coefficient (Wildman–Crippen LogP) is 4.46. The van der Waals surface area contributed by atoms with Crippen LogP contribution in [-0.4, -0.2) is 23.9 Å². The van der Waals surface area contributed by atoms with E-state index in [1.807, 2.05) is 43.3 Å². The predicted molar refractivity (Wildman–Crippen MR) is 109 cm³/mol. The number of anilines is 2. The molecule has 0 aliphatic heterocycles. The van der Waals surface area contributed by atoms with Gasteiger partial charge in [0.05, 0.1) is 19.3 Å². The average Bonchev–Trinajstić information content (AvgIpc) is 3.17. The van der Waals surface area contributed by atoms with E-state index in [9.17, 15) is 4.79 Å². The molecule has 0 atom stereocenters. The molecule has 0 radical (unpaired) electrons. The van der Waals surface area contributed by atoms with Gasteiger partial charge in [-0.3, -0.25) is 0 Å². The summed E-state index contributed by atoms with van der Waals surface area (Å²) in [4.78, 5) is 12.5. The standard InChI is InChI=1S/C20H17N3O4S/c1-3-26-16-6-4-5-12-11-15(19(24)27-17(12)16)18-22-23-20(28-18)21-13-7-9-14(25-2)10-8-13/h4-11H,3H2,1-2H3,(H,21,23). The number of nitrogens with zero attached hydrogens (tertiary/aromatic N) is 2. The van der Waals surface area contributed by atoms with Crippen molar-refractivity contribution in [3.63, 3.8) is 0 Å². The molecule has 0 bridgehead atoms. The summed E-state index contributed by atoms with van der Waals surface area (Å²) in [6, 6.07) is 14.7. The van der Waals surface area contributed by atoms with E-state index >= 15 is 0 Å². The minimum Gasteiger partial charge on any atom is -0.497 e. The number of hydrogen-bond donors (Lipinski definition) is 1. The highest BCUT2D eigenvalue weighted by Gasteiger charge is 2.15. The highest BCUT2D eigenvalue weighted by molar-refractivity contribution is 7.18. The number of nitrogens with one attached hydrogen (secondary N) is 1. The molecule has 0 amide bonds. The van der Waals surface area contributed by atoms with Crippen LogP contribution >= 0.6 is 11.3 Å². The van der Waals surface area contributed by atoms with Gasteiger partial charge in [0.15, 0.2) is 16.3 Å². The summed E-state index contributed by atoms with van der Waals surface area (Å²) in [7, 11) is 1.62. The van der Waals surface area contributed by atoms with Crippen molar-refractivity contribution in [2.24, 2.45) is 0 Å². The Morgan fingerprint density at radius 3 is 2.71 bits per heavy atom. The van der Waals surface area contributed by atoms with Gasteiger partial charge in [0, 0.05) is 11.1 Å². The second-order valence-corrected chi connectivity index (χ2v) is 6.80. The van der Waals surface area contributed by atoms with Crippen LogP contribution in [0.3, 0.4) is 0 Å². The maximum atomic E-state index is 12.5. The number of para-hydroxylation sites is 1. The van der Waals surface area contributed by atoms with E-state index in [0.717, 1.165) is 16.8 Å². The number of ether oxygens (including phenoxy) is 2. The highest BCUT2D eigenvalue weighted by Crippen LogP contribution is 2.31. The number of methoxy groups -OCH3 is 1. The van der Waals surface area contributed by atoms with Crippen molar-refractivity contribution in [2.45, 2.75) is 6.92 Å². The fraction of sp³-hybridized carbons (Fsp3) is 0.150. The first-order valence-corrected chi connectivity index (χ1v) is 9.44. The van der Waals surface area contributed by atoms with Gasteiger partial charge in [0.25, 0.3) is 0 Å². The molecule has 28 heavy (non-hydrogen) atoms. The average molecular weight is 395 g/mol. The SMILES string of the molecule is CCOc1cccc2cc(-c3nnc(Nc4ccc(OC)cc4)s3)c(=O)oc12. The minimum absolute atomic E-state index is 0.362. The molecule has 0 aliphatic carbocycles. The molecule has 2 aromatic carbocycles. The Morgan fingerprint density at radius 2 is 1.96 bits per heavy atom. The van der Waals surface area contributed by atoms with Crippen LogP contribution in [0.5, 0.6) is 11.5 Å². The number of fused-ring (bicyclic) bond motifs is 1. The van der Waals surface area contributed by atoms with E-state index in [1.165, 1.54) is 11.3 Å². The molecule has 0 fully saturated rings. The molecule has 2 heterocycles. The Kier molecular flexibility index (Phi) is 4.94. The van der Waals surface area contributed by atoms with Gasteiger partial charge in [-0.2, -0.15) is 0 Å². The van der Waals surface area contributed by atoms with Crippen molar-refractivity contribution in [2.75, 3.05) is 19.0 Å². The second-order valence-electron chi connectivity index (χ2n) is 5.82. The van der Waals surface area contributed by atoms with Crippen molar-refractivity contribution < 1.29 is 13.9 Å². The maximum absolute atomic E-state index is 12.5. The smallest absolute Gasteiger partial charge is 0.346 e. The summed E-state index contributed by atoms with van der Waals surface area (Å²) >= 11 is 1.27. The van der Waals surface area contributed by atoms with Crippen LogP contribution in [0.2, 0.25) is 0 Å². The third kappa shape index (κ3) is 3.54. The normalized spacial score (nSPS) is 10.8. The van der Waals surface area contributed by atoms with Crippen molar-refractivity contribution in [1.29, 1.82) is 0 Å². The van der Waals surface area contributed by atoms with Crippen molar-refractivity contribution in [1.82, 2.24) is 10.2 Å². The van der Waals surface area contributed by atoms with E-state index in [-0.39, 0.29) is 0 Å². The van der Waals surface area contributed by atoms with Crippen LogP contribution in [0.4, 0.5) is 10.8 Å². The molecule has 0 spiro atoms. The molecule has 0 saturated carbocycles. The maximum Gasteiger partial charge on any atom is 0.346 e. The molecule has 8 heteroatoms. The van der Waals surface area contributed by atoms with Crippen LogP contribution in [-0.2, 0) is 0 Å². The number of hydrogen-bond acceptors (Lipinski definition) is 8. The fourth-order valence-corrected chi connectivity index (χ4v) is 3.48. The molecule has 0 aliphatic rings. The molecule has 1 N–H and O–H groups in total. The van der Waals surface area contributed by atoms with E-state index in [2.05, 4.69) is 15.5 Å². The molecule has 0 saturated heterocycles. The largest absolute Gasteiger partial charge is 0.497 e. The summed E-state index contributed by atoms with van der Waals surface area (Å²) in [5.41, 5.74) is 1.16. The van der Waals surface area contributed by atoms with Crippen LogP contribution in [0, 0.1) is 0 Å². The Labute approximate surface area is 164 Å². The van der Waals surface area contributed by atoms with Gasteiger partial charge in [-0.25, -0.2) is 4.79 Å². The van der Waals surface area contributed by atoms with E-state index in [4.69, 9.17) is 13.9 Å².